The van der Waals surface area contributed by atoms with Crippen molar-refractivity contribution >= 4 is 17.3 Å². The summed E-state index contributed by atoms with van der Waals surface area (Å²) in [5.41, 5.74) is 6.47. The zero-order valence-electron chi connectivity index (χ0n) is 15.3. The van der Waals surface area contributed by atoms with Gasteiger partial charge < -0.3 is 5.32 Å². The molecule has 0 radical (unpaired) electrons. The number of nitrogens with one attached hydrogen (secondary N) is 1. The van der Waals surface area contributed by atoms with Gasteiger partial charge in [0.2, 0.25) is 0 Å². The van der Waals surface area contributed by atoms with Crippen molar-refractivity contribution in [3.63, 3.8) is 0 Å². The Labute approximate surface area is 150 Å². The second kappa shape index (κ2) is 7.64. The van der Waals surface area contributed by atoms with Crippen LogP contribution >= 0.6 is 0 Å². The first kappa shape index (κ1) is 17.4. The summed E-state index contributed by atoms with van der Waals surface area (Å²) < 4.78 is 0. The number of fused-ring (bicyclic) bond motifs is 2. The van der Waals surface area contributed by atoms with Crippen molar-refractivity contribution in [2.45, 2.75) is 52.5 Å². The molecule has 1 aliphatic rings. The number of hydrogen-bond acceptors (Lipinski definition) is 2. The number of benzene rings is 2. The number of hydrogen-bond donors (Lipinski definition) is 1. The predicted molar refractivity (Wildman–Crippen MR) is 104 cm³/mol. The minimum atomic E-state index is -0.0221. The van der Waals surface area contributed by atoms with Crippen molar-refractivity contribution in [2.24, 2.45) is 4.99 Å². The lowest BCUT2D eigenvalue weighted by Crippen LogP contribution is -2.31. The molecule has 2 aromatic rings. The molecule has 1 unspecified atom stereocenters. The number of amides is 1. The van der Waals surface area contributed by atoms with Crippen molar-refractivity contribution in [3.05, 3.63) is 64.7 Å². The summed E-state index contributed by atoms with van der Waals surface area (Å²) in [5.74, 6) is -0.0221. The minimum Gasteiger partial charge on any atom is -0.350 e. The van der Waals surface area contributed by atoms with Crippen LogP contribution < -0.4 is 5.32 Å². The molecule has 1 atom stereocenters. The highest BCUT2D eigenvalue weighted by atomic mass is 16.1. The lowest BCUT2D eigenvalue weighted by atomic mass is 9.96. The van der Waals surface area contributed by atoms with Gasteiger partial charge in [0, 0.05) is 23.7 Å². The molecular weight excluding hydrogens is 308 g/mol. The van der Waals surface area contributed by atoms with Crippen molar-refractivity contribution in [2.75, 3.05) is 0 Å². The number of rotatable bonds is 5. The molecule has 3 heteroatoms. The van der Waals surface area contributed by atoms with Crippen LogP contribution in [0.25, 0.3) is 0 Å². The average molecular weight is 334 g/mol. The van der Waals surface area contributed by atoms with Gasteiger partial charge in [-0.25, -0.2) is 0 Å². The van der Waals surface area contributed by atoms with Crippen LogP contribution in [0.5, 0.6) is 0 Å². The van der Waals surface area contributed by atoms with Crippen molar-refractivity contribution in [1.82, 2.24) is 5.32 Å². The Morgan fingerprint density at radius 1 is 1.16 bits per heavy atom. The van der Waals surface area contributed by atoms with Crippen LogP contribution in [-0.2, 0) is 6.42 Å². The van der Waals surface area contributed by atoms with Crippen LogP contribution in [0.2, 0.25) is 0 Å². The maximum atomic E-state index is 12.5. The van der Waals surface area contributed by atoms with Crippen molar-refractivity contribution in [1.29, 1.82) is 0 Å². The first-order valence-corrected chi connectivity index (χ1v) is 9.22. The van der Waals surface area contributed by atoms with Gasteiger partial charge in [-0.3, -0.25) is 9.79 Å². The molecule has 0 bridgehead atoms. The Kier molecular flexibility index (Phi) is 5.32. The van der Waals surface area contributed by atoms with E-state index in [4.69, 9.17) is 4.99 Å². The lowest BCUT2D eigenvalue weighted by Gasteiger charge is -2.12. The van der Waals surface area contributed by atoms with Gasteiger partial charge in [0.05, 0.1) is 5.69 Å². The fraction of sp³-hybridized carbons (Fsp3) is 0.364. The van der Waals surface area contributed by atoms with Crippen LogP contribution in [0.1, 0.15) is 67.1 Å². The Morgan fingerprint density at radius 2 is 1.96 bits per heavy atom. The summed E-state index contributed by atoms with van der Waals surface area (Å²) in [6.07, 6.45) is 3.77. The van der Waals surface area contributed by atoms with E-state index in [0.717, 1.165) is 37.1 Å². The van der Waals surface area contributed by atoms with E-state index in [9.17, 15) is 4.79 Å². The molecular formula is C22H26N2O. The van der Waals surface area contributed by atoms with Gasteiger partial charge >= 0.3 is 0 Å². The zero-order valence-corrected chi connectivity index (χ0v) is 15.3. The molecule has 1 aliphatic heterocycles. The summed E-state index contributed by atoms with van der Waals surface area (Å²) in [5, 5.41) is 3.03. The molecule has 1 amide bonds. The highest BCUT2D eigenvalue weighted by molar-refractivity contribution is 6.04. The molecule has 3 nitrogen and oxygen atoms in total. The van der Waals surface area contributed by atoms with Gasteiger partial charge in [-0.15, -0.1) is 0 Å². The third-order valence-electron chi connectivity index (χ3n) is 4.79. The van der Waals surface area contributed by atoms with E-state index in [2.05, 4.69) is 49.5 Å². The predicted octanol–water partition coefficient (Wildman–Crippen LogP) is 5.04. The zero-order chi connectivity index (χ0) is 17.8. The highest BCUT2D eigenvalue weighted by Crippen LogP contribution is 2.30. The molecule has 0 saturated heterocycles. The molecule has 1 N–H and O–H groups in total. The van der Waals surface area contributed by atoms with Crippen LogP contribution in [0.4, 0.5) is 5.69 Å². The summed E-state index contributed by atoms with van der Waals surface area (Å²) >= 11 is 0. The fourth-order valence-corrected chi connectivity index (χ4v) is 3.16. The minimum absolute atomic E-state index is 0.0221. The average Bonchev–Trinajstić information content (AvgIpc) is 2.77. The third-order valence-corrected chi connectivity index (χ3v) is 4.79. The Hall–Kier alpha value is -2.42. The van der Waals surface area contributed by atoms with Crippen LogP contribution in [-0.4, -0.2) is 17.7 Å². The van der Waals surface area contributed by atoms with Crippen LogP contribution in [0, 0.1) is 0 Å². The molecule has 1 heterocycles. The fourth-order valence-electron chi connectivity index (χ4n) is 3.16. The molecule has 0 saturated carbocycles. The number of carbonyl (C=O) groups is 1. The van der Waals surface area contributed by atoms with Crippen molar-refractivity contribution in [3.8, 4) is 0 Å². The Bertz CT molecular complexity index is 807. The SMILES string of the molecule is CCCC1=Nc2cc(C(=O)NC(C)CC)ccc2Cc2ccccc21. The number of aliphatic imine (C=N–C) groups is 1. The molecule has 3 rings (SSSR count). The van der Waals surface area contributed by atoms with E-state index in [1.54, 1.807) is 0 Å². The summed E-state index contributed by atoms with van der Waals surface area (Å²) in [4.78, 5) is 17.4. The van der Waals surface area contributed by atoms with Gasteiger partial charge in [-0.2, -0.15) is 0 Å². The van der Waals surface area contributed by atoms with E-state index >= 15 is 0 Å². The molecule has 0 fully saturated rings. The van der Waals surface area contributed by atoms with E-state index in [0.29, 0.717) is 5.56 Å². The Morgan fingerprint density at radius 3 is 2.72 bits per heavy atom. The van der Waals surface area contributed by atoms with Gasteiger partial charge in [-0.1, -0.05) is 50.6 Å². The second-order valence-electron chi connectivity index (χ2n) is 6.77. The van der Waals surface area contributed by atoms with E-state index in [1.807, 2.05) is 19.1 Å². The van der Waals surface area contributed by atoms with Gasteiger partial charge in [-0.05, 0) is 48.6 Å². The molecule has 130 valence electrons. The standard InChI is InChI=1S/C22H26N2O/c1-4-8-20-19-10-7-6-9-16(19)13-17-11-12-18(14-21(17)24-20)22(25)23-15(3)5-2/h6-7,9-12,14-15H,4-5,8,13H2,1-3H3,(H,23,25). The maximum absolute atomic E-state index is 12.5. The summed E-state index contributed by atoms with van der Waals surface area (Å²) in [7, 11) is 0. The van der Waals surface area contributed by atoms with Crippen molar-refractivity contribution < 1.29 is 4.79 Å². The third kappa shape index (κ3) is 3.81. The molecule has 0 aromatic heterocycles. The smallest absolute Gasteiger partial charge is 0.251 e. The van der Waals surface area contributed by atoms with E-state index in [1.165, 1.54) is 16.7 Å². The van der Waals surface area contributed by atoms with Gasteiger partial charge in [0.15, 0.2) is 0 Å². The monoisotopic (exact) mass is 334 g/mol. The summed E-state index contributed by atoms with van der Waals surface area (Å²) in [6.45, 7) is 6.27. The quantitative estimate of drug-likeness (QED) is 0.817. The topological polar surface area (TPSA) is 41.5 Å². The molecule has 2 aromatic carbocycles. The highest BCUT2D eigenvalue weighted by Gasteiger charge is 2.18. The maximum Gasteiger partial charge on any atom is 0.251 e. The first-order valence-electron chi connectivity index (χ1n) is 9.22. The van der Waals surface area contributed by atoms with E-state index in [-0.39, 0.29) is 11.9 Å². The van der Waals surface area contributed by atoms with Gasteiger partial charge in [0.1, 0.15) is 0 Å². The largest absolute Gasteiger partial charge is 0.350 e. The molecule has 0 aliphatic carbocycles. The van der Waals surface area contributed by atoms with Crippen LogP contribution in [0.15, 0.2) is 47.5 Å². The lowest BCUT2D eigenvalue weighted by molar-refractivity contribution is 0.0939. The van der Waals surface area contributed by atoms with Crippen LogP contribution in [0.3, 0.4) is 0 Å². The van der Waals surface area contributed by atoms with E-state index < -0.39 is 0 Å². The Balaban J connectivity index is 2.00. The summed E-state index contributed by atoms with van der Waals surface area (Å²) in [6, 6.07) is 14.6. The second-order valence-corrected chi connectivity index (χ2v) is 6.77. The number of nitrogens with zero attached hydrogens (tertiary/aromatic N) is 1. The molecule has 0 spiro atoms. The number of carbonyl (C=O) groups excluding carboxylic acids is 1. The first-order chi connectivity index (χ1) is 12.1. The molecule has 25 heavy (non-hydrogen) atoms. The van der Waals surface area contributed by atoms with Gasteiger partial charge in [0.25, 0.3) is 5.91 Å². The normalized spacial score (nSPS) is 14.0.